The Morgan fingerprint density at radius 1 is 1.25 bits per heavy atom. The van der Waals surface area contributed by atoms with Gasteiger partial charge in [0, 0.05) is 17.5 Å². The quantitative estimate of drug-likeness (QED) is 0.743. The van der Waals surface area contributed by atoms with Gasteiger partial charge in [0.2, 0.25) is 5.95 Å². The lowest BCUT2D eigenvalue weighted by atomic mass is 10.1. The van der Waals surface area contributed by atoms with E-state index < -0.39 is 6.09 Å². The molecule has 0 saturated carbocycles. The maximum Gasteiger partial charge on any atom is 0.441 e. The van der Waals surface area contributed by atoms with E-state index in [9.17, 15) is 4.79 Å². The first-order chi connectivity index (χ1) is 11.6. The predicted octanol–water partition coefficient (Wildman–Crippen LogP) is 3.46. The molecule has 1 N–H and O–H groups in total. The number of methoxy groups -OCH3 is 1. The van der Waals surface area contributed by atoms with Crippen LogP contribution in [0.1, 0.15) is 12.6 Å². The molecule has 0 spiro atoms. The fourth-order valence-corrected chi connectivity index (χ4v) is 2.32. The number of hydrogen-bond donors (Lipinski definition) is 1. The third-order valence-electron chi connectivity index (χ3n) is 3.51. The second-order valence-electron chi connectivity index (χ2n) is 5.16. The van der Waals surface area contributed by atoms with Gasteiger partial charge in [-0.05, 0) is 37.6 Å². The summed E-state index contributed by atoms with van der Waals surface area (Å²) >= 11 is 0. The largest absolute Gasteiger partial charge is 0.451 e. The Morgan fingerprint density at radius 3 is 2.71 bits per heavy atom. The minimum absolute atomic E-state index is 0.276. The molecule has 0 aliphatic carbocycles. The van der Waals surface area contributed by atoms with E-state index in [1.807, 2.05) is 43.5 Å². The van der Waals surface area contributed by atoms with Crippen LogP contribution in [-0.4, -0.2) is 34.8 Å². The summed E-state index contributed by atoms with van der Waals surface area (Å²) in [5, 5.41) is 1.01. The van der Waals surface area contributed by atoms with Crippen LogP contribution in [0.2, 0.25) is 0 Å². The van der Waals surface area contributed by atoms with Gasteiger partial charge in [0.15, 0.2) is 0 Å². The number of fused-ring (bicyclic) bond motifs is 1. The number of aromatic amines is 1. The molecule has 1 aromatic carbocycles. The Morgan fingerprint density at radius 2 is 2.04 bits per heavy atom. The number of benzene rings is 1. The van der Waals surface area contributed by atoms with Crippen molar-refractivity contribution in [3.63, 3.8) is 0 Å². The molecule has 0 unspecified atom stereocenters. The van der Waals surface area contributed by atoms with Gasteiger partial charge >= 0.3 is 6.09 Å². The van der Waals surface area contributed by atoms with Crippen molar-refractivity contribution in [1.29, 1.82) is 0 Å². The first kappa shape index (κ1) is 15.9. The highest BCUT2D eigenvalue weighted by Crippen LogP contribution is 2.25. The fourth-order valence-electron chi connectivity index (χ4n) is 2.32. The van der Waals surface area contributed by atoms with Crippen LogP contribution >= 0.6 is 0 Å². The Hall–Kier alpha value is -2.93. The standard InChI is InChI=1S/C17H18N4O3/c1-4-24-21(17(22)23-3)16-19-14-8-7-12(9-15(14)20-16)13-6-5-11(2)18-10-13/h5-10H,4H2,1-3H3,(H,19,20). The molecule has 0 saturated heterocycles. The number of carbonyl (C=O) groups excluding carboxylic acids is 1. The van der Waals surface area contributed by atoms with Gasteiger partial charge in [0.25, 0.3) is 0 Å². The summed E-state index contributed by atoms with van der Waals surface area (Å²) in [5.74, 6) is 0.276. The molecule has 3 rings (SSSR count). The van der Waals surface area contributed by atoms with Crippen molar-refractivity contribution in [2.75, 3.05) is 18.8 Å². The lowest BCUT2D eigenvalue weighted by Crippen LogP contribution is -2.31. The maximum absolute atomic E-state index is 11.8. The SMILES string of the molecule is CCON(C(=O)OC)c1nc2cc(-c3ccc(C)nc3)ccc2[nH]1. The van der Waals surface area contributed by atoms with Crippen LogP contribution in [0, 0.1) is 6.92 Å². The van der Waals surface area contributed by atoms with Crippen LogP contribution < -0.4 is 5.06 Å². The molecule has 24 heavy (non-hydrogen) atoms. The lowest BCUT2D eigenvalue weighted by Gasteiger charge is -2.15. The Kier molecular flexibility index (Phi) is 4.43. The van der Waals surface area contributed by atoms with Crippen LogP contribution in [0.25, 0.3) is 22.2 Å². The number of aromatic nitrogens is 3. The number of aryl methyl sites for hydroxylation is 1. The summed E-state index contributed by atoms with van der Waals surface area (Å²) < 4.78 is 4.71. The number of rotatable bonds is 4. The first-order valence-corrected chi connectivity index (χ1v) is 7.56. The lowest BCUT2D eigenvalue weighted by molar-refractivity contribution is 0.0901. The van der Waals surface area contributed by atoms with Crippen molar-refractivity contribution in [2.24, 2.45) is 0 Å². The topological polar surface area (TPSA) is 80.3 Å². The Labute approximate surface area is 139 Å². The molecule has 7 nitrogen and oxygen atoms in total. The number of imidazole rings is 1. The second-order valence-corrected chi connectivity index (χ2v) is 5.16. The van der Waals surface area contributed by atoms with Gasteiger partial charge in [-0.2, -0.15) is 0 Å². The highest BCUT2D eigenvalue weighted by Gasteiger charge is 2.21. The van der Waals surface area contributed by atoms with Crippen molar-refractivity contribution in [3.05, 3.63) is 42.2 Å². The third-order valence-corrected chi connectivity index (χ3v) is 3.51. The van der Waals surface area contributed by atoms with Crippen molar-refractivity contribution in [2.45, 2.75) is 13.8 Å². The van der Waals surface area contributed by atoms with E-state index in [0.717, 1.165) is 32.9 Å². The summed E-state index contributed by atoms with van der Waals surface area (Å²) in [6.45, 7) is 4.04. The van der Waals surface area contributed by atoms with E-state index in [-0.39, 0.29) is 5.95 Å². The van der Waals surface area contributed by atoms with E-state index >= 15 is 0 Å². The number of H-pyrrole nitrogens is 1. The van der Waals surface area contributed by atoms with E-state index in [2.05, 4.69) is 15.0 Å². The molecule has 2 heterocycles. The number of hydroxylamine groups is 1. The fraction of sp³-hybridized carbons (Fsp3) is 0.235. The van der Waals surface area contributed by atoms with Gasteiger partial charge in [-0.15, -0.1) is 5.06 Å². The zero-order valence-corrected chi connectivity index (χ0v) is 13.7. The van der Waals surface area contributed by atoms with Gasteiger partial charge in [0.05, 0.1) is 24.8 Å². The Bertz CT molecular complexity index is 858. The van der Waals surface area contributed by atoms with E-state index in [4.69, 9.17) is 9.57 Å². The normalized spacial score (nSPS) is 10.8. The highest BCUT2D eigenvalue weighted by atomic mass is 16.7. The summed E-state index contributed by atoms with van der Waals surface area (Å²) in [6.07, 6.45) is 1.18. The highest BCUT2D eigenvalue weighted by molar-refractivity contribution is 5.88. The van der Waals surface area contributed by atoms with Gasteiger partial charge < -0.3 is 9.72 Å². The summed E-state index contributed by atoms with van der Waals surface area (Å²) in [6, 6.07) is 9.78. The van der Waals surface area contributed by atoms with Crippen LogP contribution in [0.3, 0.4) is 0 Å². The van der Waals surface area contributed by atoms with Gasteiger partial charge in [-0.3, -0.25) is 9.82 Å². The molecule has 2 aromatic heterocycles. The molecule has 0 aliphatic rings. The van der Waals surface area contributed by atoms with Crippen LogP contribution in [0.4, 0.5) is 10.7 Å². The summed E-state index contributed by atoms with van der Waals surface area (Å²) in [5.41, 5.74) is 4.47. The van der Waals surface area contributed by atoms with E-state index in [1.54, 1.807) is 6.92 Å². The molecule has 0 fully saturated rings. The number of anilines is 1. The van der Waals surface area contributed by atoms with Crippen molar-refractivity contribution >= 4 is 23.1 Å². The van der Waals surface area contributed by atoms with Gasteiger partial charge in [0.1, 0.15) is 0 Å². The molecule has 0 radical (unpaired) electrons. The number of nitrogens with one attached hydrogen (secondary N) is 1. The number of nitrogens with zero attached hydrogens (tertiary/aromatic N) is 3. The average molecular weight is 326 g/mol. The minimum Gasteiger partial charge on any atom is -0.451 e. The maximum atomic E-state index is 11.8. The molecule has 0 bridgehead atoms. The monoisotopic (exact) mass is 326 g/mol. The zero-order valence-electron chi connectivity index (χ0n) is 13.7. The molecule has 0 aliphatic heterocycles. The van der Waals surface area contributed by atoms with Crippen LogP contribution in [0.15, 0.2) is 36.5 Å². The van der Waals surface area contributed by atoms with Gasteiger partial charge in [-0.25, -0.2) is 9.78 Å². The van der Waals surface area contributed by atoms with E-state index in [1.165, 1.54) is 7.11 Å². The molecule has 3 aromatic rings. The average Bonchev–Trinajstić information content (AvgIpc) is 3.02. The number of hydrogen-bond acceptors (Lipinski definition) is 5. The Balaban J connectivity index is 1.99. The number of ether oxygens (including phenoxy) is 1. The third kappa shape index (κ3) is 3.07. The molecular formula is C17H18N4O3. The predicted molar refractivity (Wildman–Crippen MR) is 90.6 cm³/mol. The molecule has 7 heteroatoms. The number of carbonyl (C=O) groups is 1. The molecule has 1 amide bonds. The van der Waals surface area contributed by atoms with Crippen LogP contribution in [0.5, 0.6) is 0 Å². The molecule has 0 atom stereocenters. The summed E-state index contributed by atoms with van der Waals surface area (Å²) in [7, 11) is 1.29. The second kappa shape index (κ2) is 6.67. The van der Waals surface area contributed by atoms with Crippen molar-refractivity contribution in [3.8, 4) is 11.1 Å². The van der Waals surface area contributed by atoms with Crippen LogP contribution in [-0.2, 0) is 9.57 Å². The van der Waals surface area contributed by atoms with Gasteiger partial charge in [-0.1, -0.05) is 12.1 Å². The minimum atomic E-state index is -0.640. The number of amides is 1. The first-order valence-electron chi connectivity index (χ1n) is 7.56. The smallest absolute Gasteiger partial charge is 0.441 e. The number of pyridine rings is 1. The van der Waals surface area contributed by atoms with E-state index in [0.29, 0.717) is 6.61 Å². The zero-order chi connectivity index (χ0) is 17.1. The summed E-state index contributed by atoms with van der Waals surface area (Å²) in [4.78, 5) is 28.9. The molecular weight excluding hydrogens is 308 g/mol. The van der Waals surface area contributed by atoms with Crippen molar-refractivity contribution < 1.29 is 14.4 Å². The van der Waals surface area contributed by atoms with Crippen molar-refractivity contribution in [1.82, 2.24) is 15.0 Å². The molecule has 124 valence electrons.